The summed E-state index contributed by atoms with van der Waals surface area (Å²) in [6, 6.07) is 11.7. The minimum absolute atomic E-state index is 0.292. The predicted octanol–water partition coefficient (Wildman–Crippen LogP) is 3.92. The SMILES string of the molecule is CCn1nc(C)cc1C(=O)Nc1nc2cc(C(N)=O)ccc2n1CCCCn1c(NC(=O)c2cc(C)nn2CC)nc2cc(C=O)cc(OC)c21.CN. The minimum Gasteiger partial charge on any atom is -0.494 e. The molecule has 6 rings (SSSR count). The van der Waals surface area contributed by atoms with Crippen LogP contribution < -0.4 is 26.8 Å². The van der Waals surface area contributed by atoms with Crippen molar-refractivity contribution in [1.82, 2.24) is 38.7 Å². The number of amides is 3. The monoisotopic (exact) mass is 724 g/mol. The summed E-state index contributed by atoms with van der Waals surface area (Å²) in [6.07, 6.45) is 1.94. The van der Waals surface area contributed by atoms with Crippen molar-refractivity contribution < 1.29 is 23.9 Å². The summed E-state index contributed by atoms with van der Waals surface area (Å²) >= 11 is 0. The Morgan fingerprint density at radius 3 is 1.87 bits per heavy atom. The van der Waals surface area contributed by atoms with Gasteiger partial charge in [-0.15, -0.1) is 0 Å². The molecule has 0 aliphatic carbocycles. The van der Waals surface area contributed by atoms with Crippen molar-refractivity contribution in [3.63, 3.8) is 0 Å². The zero-order valence-electron chi connectivity index (χ0n) is 30.6. The first-order valence-electron chi connectivity index (χ1n) is 17.2. The number of carbonyl (C=O) groups excluding carboxylic acids is 4. The molecule has 0 unspecified atom stereocenters. The van der Waals surface area contributed by atoms with E-state index in [0.717, 1.165) is 6.29 Å². The van der Waals surface area contributed by atoms with Crippen molar-refractivity contribution in [2.45, 2.75) is 66.7 Å². The fraction of sp³-hybridized carbons (Fsp3) is 0.333. The van der Waals surface area contributed by atoms with Crippen LogP contribution in [0.15, 0.2) is 42.5 Å². The van der Waals surface area contributed by atoms with Gasteiger partial charge in [-0.2, -0.15) is 10.2 Å². The molecule has 0 radical (unpaired) electrons. The second kappa shape index (κ2) is 16.3. The third-order valence-corrected chi connectivity index (χ3v) is 8.55. The normalized spacial score (nSPS) is 11.0. The fourth-order valence-electron chi connectivity index (χ4n) is 6.20. The molecule has 278 valence electrons. The summed E-state index contributed by atoms with van der Waals surface area (Å²) in [7, 11) is 3.01. The van der Waals surface area contributed by atoms with Crippen LogP contribution in [0.3, 0.4) is 0 Å². The van der Waals surface area contributed by atoms with E-state index >= 15 is 0 Å². The average molecular weight is 725 g/mol. The minimum atomic E-state index is -0.584. The summed E-state index contributed by atoms with van der Waals surface area (Å²) in [6.45, 7) is 9.35. The van der Waals surface area contributed by atoms with Crippen LogP contribution in [-0.2, 0) is 26.2 Å². The van der Waals surface area contributed by atoms with Gasteiger partial charge in [0, 0.05) is 37.3 Å². The van der Waals surface area contributed by atoms with Crippen molar-refractivity contribution >= 4 is 58.0 Å². The average Bonchev–Trinajstić information content (AvgIpc) is 3.92. The number of ether oxygens (including phenoxy) is 1. The zero-order chi connectivity index (χ0) is 38.4. The maximum Gasteiger partial charge on any atom is 0.276 e. The van der Waals surface area contributed by atoms with E-state index in [-0.39, 0.29) is 11.8 Å². The number of methoxy groups -OCH3 is 1. The largest absolute Gasteiger partial charge is 0.494 e. The lowest BCUT2D eigenvalue weighted by Gasteiger charge is -2.14. The molecule has 53 heavy (non-hydrogen) atoms. The number of aryl methyl sites for hydroxylation is 6. The third-order valence-electron chi connectivity index (χ3n) is 8.55. The molecule has 17 nitrogen and oxygen atoms in total. The van der Waals surface area contributed by atoms with Crippen LogP contribution in [0.5, 0.6) is 5.75 Å². The highest BCUT2D eigenvalue weighted by molar-refractivity contribution is 6.04. The molecule has 3 amide bonds. The number of unbranched alkanes of at least 4 members (excludes halogenated alkanes) is 1. The number of nitrogens with two attached hydrogens (primary N) is 2. The number of imidazole rings is 2. The summed E-state index contributed by atoms with van der Waals surface area (Å²) in [4.78, 5) is 59.9. The van der Waals surface area contributed by atoms with E-state index in [1.807, 2.05) is 36.8 Å². The number of primary amides is 1. The molecule has 2 aromatic carbocycles. The number of carbonyl (C=O) groups is 4. The Hall–Kier alpha value is -6.36. The molecule has 4 aromatic heterocycles. The number of hydrogen-bond acceptors (Lipinski definition) is 10. The summed E-state index contributed by atoms with van der Waals surface area (Å²) in [5, 5.41) is 14.6. The highest BCUT2D eigenvalue weighted by atomic mass is 16.5. The van der Waals surface area contributed by atoms with Crippen molar-refractivity contribution in [1.29, 1.82) is 0 Å². The third kappa shape index (κ3) is 7.79. The van der Waals surface area contributed by atoms with E-state index in [1.54, 1.807) is 51.8 Å². The van der Waals surface area contributed by atoms with Gasteiger partial charge in [-0.25, -0.2) is 9.97 Å². The number of aldehydes is 1. The van der Waals surface area contributed by atoms with Crippen LogP contribution in [0.1, 0.15) is 79.8 Å². The van der Waals surface area contributed by atoms with Gasteiger partial charge in [0.1, 0.15) is 28.9 Å². The van der Waals surface area contributed by atoms with E-state index in [1.165, 1.54) is 14.2 Å². The van der Waals surface area contributed by atoms with Gasteiger partial charge in [-0.1, -0.05) is 0 Å². The number of rotatable bonds is 14. The number of aromatic nitrogens is 8. The first-order valence-corrected chi connectivity index (χ1v) is 17.2. The lowest BCUT2D eigenvalue weighted by Crippen LogP contribution is -2.20. The van der Waals surface area contributed by atoms with Crippen LogP contribution in [0.4, 0.5) is 11.9 Å². The van der Waals surface area contributed by atoms with Gasteiger partial charge in [0.15, 0.2) is 0 Å². The first-order chi connectivity index (χ1) is 25.5. The molecule has 17 heteroatoms. The quantitative estimate of drug-likeness (QED) is 0.0936. The van der Waals surface area contributed by atoms with Gasteiger partial charge in [0.2, 0.25) is 17.8 Å². The Bertz CT molecular complexity index is 2310. The number of benzene rings is 2. The van der Waals surface area contributed by atoms with Crippen LogP contribution in [0.25, 0.3) is 22.1 Å². The van der Waals surface area contributed by atoms with Crippen molar-refractivity contribution in [2.75, 3.05) is 24.8 Å². The number of nitrogens with zero attached hydrogens (tertiary/aromatic N) is 8. The predicted molar refractivity (Wildman–Crippen MR) is 200 cm³/mol. The Morgan fingerprint density at radius 1 is 0.792 bits per heavy atom. The molecule has 0 spiro atoms. The molecule has 0 fully saturated rings. The van der Waals surface area contributed by atoms with Crippen LogP contribution >= 0.6 is 0 Å². The summed E-state index contributed by atoms with van der Waals surface area (Å²) < 4.78 is 12.7. The Labute approximate surface area is 305 Å². The molecule has 6 N–H and O–H groups in total. The fourth-order valence-corrected chi connectivity index (χ4v) is 6.20. The number of anilines is 2. The Morgan fingerprint density at radius 2 is 1.34 bits per heavy atom. The lowest BCUT2D eigenvalue weighted by molar-refractivity contribution is 0.0994. The van der Waals surface area contributed by atoms with Gasteiger partial charge in [-0.3, -0.25) is 39.2 Å². The molecule has 0 aliphatic rings. The van der Waals surface area contributed by atoms with E-state index in [0.29, 0.717) is 113 Å². The standard InChI is InChI=1S/C35H39N11O5.CH5N/c1-6-45-27(14-20(3)41-45)32(49)39-34-37-24-18-23(31(36)48)10-11-26(24)43(34)12-8-9-13-44-30-25(16-22(19-47)17-29(30)51-5)38-35(44)40-33(50)28-15-21(4)42-46(28)7-2;1-2/h10-11,14-19H,6-9,12-13H2,1-5H3,(H2,36,48)(H,37,39,49)(H,38,40,50);2H2,1H3. The van der Waals surface area contributed by atoms with Gasteiger partial charge in [0.25, 0.3) is 11.8 Å². The van der Waals surface area contributed by atoms with Crippen LogP contribution in [0, 0.1) is 13.8 Å². The Balaban J connectivity index is 0.00000266. The highest BCUT2D eigenvalue weighted by Crippen LogP contribution is 2.31. The molecule has 0 saturated heterocycles. The van der Waals surface area contributed by atoms with Crippen LogP contribution in [0.2, 0.25) is 0 Å². The molecule has 0 saturated carbocycles. The first kappa shape index (κ1) is 37.9. The van der Waals surface area contributed by atoms with Gasteiger partial charge >= 0.3 is 0 Å². The molecular weight excluding hydrogens is 680 g/mol. The van der Waals surface area contributed by atoms with E-state index in [9.17, 15) is 19.2 Å². The Kier molecular flexibility index (Phi) is 11.7. The van der Waals surface area contributed by atoms with E-state index in [4.69, 9.17) is 15.5 Å². The van der Waals surface area contributed by atoms with Crippen molar-refractivity contribution in [3.05, 3.63) is 76.4 Å². The van der Waals surface area contributed by atoms with Gasteiger partial charge in [-0.05, 0) is 90.0 Å². The maximum atomic E-state index is 13.5. The van der Waals surface area contributed by atoms with Crippen LogP contribution in [-0.4, -0.2) is 76.8 Å². The molecule has 0 bridgehead atoms. The topological polar surface area (TPSA) is 225 Å². The summed E-state index contributed by atoms with van der Waals surface area (Å²) in [5.74, 6) is -0.278. The second-order valence-corrected chi connectivity index (χ2v) is 12.0. The van der Waals surface area contributed by atoms with E-state index in [2.05, 4.69) is 31.5 Å². The lowest BCUT2D eigenvalue weighted by atomic mass is 10.2. The van der Waals surface area contributed by atoms with Crippen molar-refractivity contribution in [2.24, 2.45) is 11.5 Å². The molecule has 4 heterocycles. The number of nitrogens with one attached hydrogen (secondary N) is 2. The molecule has 0 aliphatic heterocycles. The van der Waals surface area contributed by atoms with Crippen molar-refractivity contribution in [3.8, 4) is 5.75 Å². The van der Waals surface area contributed by atoms with E-state index < -0.39 is 5.91 Å². The second-order valence-electron chi connectivity index (χ2n) is 12.0. The van der Waals surface area contributed by atoms with Gasteiger partial charge < -0.3 is 25.3 Å². The zero-order valence-corrected chi connectivity index (χ0v) is 30.6. The maximum absolute atomic E-state index is 13.5. The summed E-state index contributed by atoms with van der Waals surface area (Å²) in [5.41, 5.74) is 15.3. The highest BCUT2D eigenvalue weighted by Gasteiger charge is 2.22. The molecule has 0 atom stereocenters. The smallest absolute Gasteiger partial charge is 0.276 e. The number of hydrogen-bond donors (Lipinski definition) is 4. The molecule has 6 aromatic rings. The number of fused-ring (bicyclic) bond motifs is 2. The van der Waals surface area contributed by atoms with Gasteiger partial charge in [0.05, 0.1) is 35.0 Å². The molecular formula is C36H44N12O5.